The van der Waals surface area contributed by atoms with Crippen molar-refractivity contribution >= 4 is 35.6 Å². The van der Waals surface area contributed by atoms with E-state index in [1.54, 1.807) is 0 Å². The summed E-state index contributed by atoms with van der Waals surface area (Å²) in [5.74, 6) is 0.561. The van der Waals surface area contributed by atoms with E-state index in [9.17, 15) is 0 Å². The van der Waals surface area contributed by atoms with Gasteiger partial charge in [0.2, 0.25) is 0 Å². The number of halogens is 1. The fourth-order valence-corrected chi connectivity index (χ4v) is 2.94. The predicted molar refractivity (Wildman–Crippen MR) is 111 cm³/mol. The van der Waals surface area contributed by atoms with E-state index in [1.807, 2.05) is 0 Å². The Morgan fingerprint density at radius 3 is 2.91 bits per heavy atom. The largest absolute Gasteiger partial charge is 0.374 e. The molecule has 23 heavy (non-hydrogen) atoms. The second-order valence-electron chi connectivity index (χ2n) is 6.18. The van der Waals surface area contributed by atoms with Gasteiger partial charge < -0.3 is 16.0 Å². The molecule has 1 aromatic rings. The van der Waals surface area contributed by atoms with Gasteiger partial charge in [-0.1, -0.05) is 38.3 Å². The highest BCUT2D eigenvalue weighted by Crippen LogP contribution is 2.26. The Balaban J connectivity index is 0.00000264. The van der Waals surface area contributed by atoms with E-state index in [4.69, 9.17) is 5.73 Å². The average molecular weight is 430 g/mol. The van der Waals surface area contributed by atoms with E-state index in [1.165, 1.54) is 48.9 Å². The number of nitrogens with one attached hydrogen (secondary N) is 1. The molecule has 1 aromatic carbocycles. The molecule has 0 atom stereocenters. The van der Waals surface area contributed by atoms with Gasteiger partial charge in [-0.05, 0) is 36.5 Å². The van der Waals surface area contributed by atoms with E-state index in [-0.39, 0.29) is 24.0 Å². The molecule has 0 spiro atoms. The standard InChI is InChI=1S/C18H30N4.HI/c1-3-4-5-6-11-20-18(19)21-14-15-9-10-17-16(13-15)8-7-12-22(17)2;/h9-10,13H,3-8,11-12,14H2,1-2H3,(H3,19,20,21);1H. The highest BCUT2D eigenvalue weighted by molar-refractivity contribution is 14.0. The molecule has 5 heteroatoms. The van der Waals surface area contributed by atoms with Crippen LogP contribution in [0.15, 0.2) is 23.2 Å². The summed E-state index contributed by atoms with van der Waals surface area (Å²) in [5, 5.41) is 3.20. The number of nitrogens with zero attached hydrogens (tertiary/aromatic N) is 2. The van der Waals surface area contributed by atoms with Crippen molar-refractivity contribution in [1.82, 2.24) is 5.32 Å². The van der Waals surface area contributed by atoms with Gasteiger partial charge in [0, 0.05) is 25.8 Å². The average Bonchev–Trinajstić information content (AvgIpc) is 2.53. The highest BCUT2D eigenvalue weighted by atomic mass is 127. The predicted octanol–water partition coefficient (Wildman–Crippen LogP) is 3.67. The third kappa shape index (κ3) is 6.57. The lowest BCUT2D eigenvalue weighted by Crippen LogP contribution is -2.32. The quantitative estimate of drug-likeness (QED) is 0.300. The molecule has 1 heterocycles. The molecule has 0 bridgehead atoms. The smallest absolute Gasteiger partial charge is 0.188 e. The van der Waals surface area contributed by atoms with Crippen LogP contribution in [0.5, 0.6) is 0 Å². The number of benzene rings is 1. The van der Waals surface area contributed by atoms with E-state index in [0.717, 1.165) is 19.5 Å². The number of rotatable bonds is 7. The van der Waals surface area contributed by atoms with Gasteiger partial charge in [0.15, 0.2) is 5.96 Å². The van der Waals surface area contributed by atoms with Crippen molar-refractivity contribution in [3.8, 4) is 0 Å². The van der Waals surface area contributed by atoms with Gasteiger partial charge in [0.05, 0.1) is 6.54 Å². The number of anilines is 1. The van der Waals surface area contributed by atoms with Crippen LogP contribution < -0.4 is 16.0 Å². The molecule has 0 radical (unpaired) electrons. The van der Waals surface area contributed by atoms with E-state index in [2.05, 4.69) is 47.4 Å². The maximum Gasteiger partial charge on any atom is 0.188 e. The van der Waals surface area contributed by atoms with Crippen LogP contribution in [0.25, 0.3) is 0 Å². The third-order valence-corrected chi connectivity index (χ3v) is 4.26. The summed E-state index contributed by atoms with van der Waals surface area (Å²) in [5.41, 5.74) is 9.97. The van der Waals surface area contributed by atoms with E-state index >= 15 is 0 Å². The fourth-order valence-electron chi connectivity index (χ4n) is 2.94. The van der Waals surface area contributed by atoms with Crippen molar-refractivity contribution in [2.75, 3.05) is 25.0 Å². The summed E-state index contributed by atoms with van der Waals surface area (Å²) in [6, 6.07) is 6.66. The summed E-state index contributed by atoms with van der Waals surface area (Å²) in [6.45, 7) is 4.95. The van der Waals surface area contributed by atoms with E-state index < -0.39 is 0 Å². The molecule has 0 saturated carbocycles. The molecular weight excluding hydrogens is 399 g/mol. The first-order valence-corrected chi connectivity index (χ1v) is 8.57. The zero-order valence-corrected chi connectivity index (χ0v) is 16.8. The zero-order valence-electron chi connectivity index (χ0n) is 14.5. The molecule has 1 aliphatic rings. The molecule has 3 N–H and O–H groups in total. The van der Waals surface area contributed by atoms with Gasteiger partial charge in [0.25, 0.3) is 0 Å². The zero-order chi connectivity index (χ0) is 15.8. The maximum atomic E-state index is 5.93. The number of aliphatic imine (C=N–C) groups is 1. The Morgan fingerprint density at radius 2 is 2.13 bits per heavy atom. The number of hydrogen-bond acceptors (Lipinski definition) is 2. The molecule has 0 amide bonds. The maximum absolute atomic E-state index is 5.93. The first kappa shape index (κ1) is 20.1. The Morgan fingerprint density at radius 1 is 1.30 bits per heavy atom. The van der Waals surface area contributed by atoms with E-state index in [0.29, 0.717) is 12.5 Å². The molecular formula is C18H31IN4. The van der Waals surface area contributed by atoms with Crippen LogP contribution in [0.4, 0.5) is 5.69 Å². The second-order valence-corrected chi connectivity index (χ2v) is 6.18. The van der Waals surface area contributed by atoms with Crippen molar-refractivity contribution in [2.45, 2.75) is 52.0 Å². The number of fused-ring (bicyclic) bond motifs is 1. The number of unbranched alkanes of at least 4 members (excludes halogenated alkanes) is 3. The molecule has 0 unspecified atom stereocenters. The molecule has 0 saturated heterocycles. The number of hydrogen-bond donors (Lipinski definition) is 2. The van der Waals surface area contributed by atoms with Crippen molar-refractivity contribution in [3.05, 3.63) is 29.3 Å². The Kier molecular flexibility index (Phi) is 9.36. The Hall–Kier alpha value is -0.980. The second kappa shape index (κ2) is 10.7. The lowest BCUT2D eigenvalue weighted by atomic mass is 10.00. The molecule has 0 fully saturated rings. The molecule has 4 nitrogen and oxygen atoms in total. The fraction of sp³-hybridized carbons (Fsp3) is 0.611. The van der Waals surface area contributed by atoms with Crippen LogP contribution in [-0.4, -0.2) is 26.1 Å². The Labute approximate surface area is 157 Å². The minimum Gasteiger partial charge on any atom is -0.374 e. The number of guanidine groups is 1. The number of nitrogens with two attached hydrogens (primary N) is 1. The highest BCUT2D eigenvalue weighted by Gasteiger charge is 2.13. The molecule has 0 aliphatic carbocycles. The van der Waals surface area contributed by atoms with Crippen molar-refractivity contribution < 1.29 is 0 Å². The van der Waals surface area contributed by atoms with Crippen molar-refractivity contribution in [3.63, 3.8) is 0 Å². The minimum atomic E-state index is 0. The van der Waals surface area contributed by atoms with Gasteiger partial charge in [0.1, 0.15) is 0 Å². The molecule has 130 valence electrons. The van der Waals surface area contributed by atoms with Gasteiger partial charge in [-0.15, -0.1) is 24.0 Å². The first-order chi connectivity index (χ1) is 10.7. The van der Waals surface area contributed by atoms with Crippen molar-refractivity contribution in [1.29, 1.82) is 0 Å². The van der Waals surface area contributed by atoms with Crippen molar-refractivity contribution in [2.24, 2.45) is 10.7 Å². The van der Waals surface area contributed by atoms with Gasteiger partial charge >= 0.3 is 0 Å². The monoisotopic (exact) mass is 430 g/mol. The lowest BCUT2D eigenvalue weighted by Gasteiger charge is -2.27. The summed E-state index contributed by atoms with van der Waals surface area (Å²) >= 11 is 0. The SMILES string of the molecule is CCCCCCNC(N)=NCc1ccc2c(c1)CCCN2C.I. The van der Waals surface area contributed by atoms with Gasteiger partial charge in [-0.2, -0.15) is 0 Å². The van der Waals surface area contributed by atoms with Crippen LogP contribution in [-0.2, 0) is 13.0 Å². The van der Waals surface area contributed by atoms with Crippen LogP contribution in [0, 0.1) is 0 Å². The summed E-state index contributed by atoms with van der Waals surface area (Å²) < 4.78 is 0. The third-order valence-electron chi connectivity index (χ3n) is 4.26. The topological polar surface area (TPSA) is 53.6 Å². The molecule has 2 rings (SSSR count). The van der Waals surface area contributed by atoms with Crippen LogP contribution in [0.1, 0.15) is 50.2 Å². The normalized spacial score (nSPS) is 14.2. The molecule has 1 aliphatic heterocycles. The van der Waals surface area contributed by atoms with Crippen LogP contribution >= 0.6 is 24.0 Å². The minimum absolute atomic E-state index is 0. The Bertz CT molecular complexity index is 502. The lowest BCUT2D eigenvalue weighted by molar-refractivity contribution is 0.652. The summed E-state index contributed by atoms with van der Waals surface area (Å²) in [4.78, 5) is 6.78. The van der Waals surface area contributed by atoms with Gasteiger partial charge in [-0.3, -0.25) is 0 Å². The first-order valence-electron chi connectivity index (χ1n) is 8.57. The van der Waals surface area contributed by atoms with Crippen LogP contribution in [0.3, 0.4) is 0 Å². The van der Waals surface area contributed by atoms with Gasteiger partial charge in [-0.25, -0.2) is 4.99 Å². The summed E-state index contributed by atoms with van der Waals surface area (Å²) in [6.07, 6.45) is 7.38. The molecule has 0 aromatic heterocycles. The van der Waals surface area contributed by atoms with Crippen LogP contribution in [0.2, 0.25) is 0 Å². The number of aryl methyl sites for hydroxylation is 1. The summed E-state index contributed by atoms with van der Waals surface area (Å²) in [7, 11) is 2.16.